The summed E-state index contributed by atoms with van der Waals surface area (Å²) >= 11 is 0. The van der Waals surface area contributed by atoms with E-state index < -0.39 is 0 Å². The number of rotatable bonds is 3. The van der Waals surface area contributed by atoms with Gasteiger partial charge in [-0.3, -0.25) is 4.79 Å². The zero-order valence-corrected chi connectivity index (χ0v) is 12.3. The highest BCUT2D eigenvalue weighted by Gasteiger charge is 2.25. The number of methoxy groups -OCH3 is 1. The first kappa shape index (κ1) is 14.7. The third-order valence-electron chi connectivity index (χ3n) is 4.04. The number of piperidine rings is 1. The van der Waals surface area contributed by atoms with Crippen LogP contribution in [0.4, 0.5) is 5.69 Å². The number of nitrogens with zero attached hydrogens (tertiary/aromatic N) is 1. The van der Waals surface area contributed by atoms with Gasteiger partial charge in [0, 0.05) is 18.6 Å². The number of likely N-dealkylation sites (tertiary alicyclic amines) is 1. The second kappa shape index (κ2) is 6.13. The van der Waals surface area contributed by atoms with E-state index in [2.05, 4.69) is 24.2 Å². The van der Waals surface area contributed by atoms with Crippen molar-refractivity contribution in [2.45, 2.75) is 31.8 Å². The molecule has 2 atom stereocenters. The van der Waals surface area contributed by atoms with E-state index in [1.807, 2.05) is 0 Å². The molecular weight excluding hydrogens is 254 g/mol. The lowest BCUT2D eigenvalue weighted by Gasteiger charge is -2.35. The van der Waals surface area contributed by atoms with E-state index in [1.165, 1.54) is 7.11 Å². The number of carbonyl (C=O) groups is 1. The summed E-state index contributed by atoms with van der Waals surface area (Å²) in [7, 11) is 3.64. The molecule has 1 aliphatic rings. The molecule has 0 aromatic heterocycles. The van der Waals surface area contributed by atoms with Gasteiger partial charge in [-0.25, -0.2) is 0 Å². The molecule has 110 valence electrons. The molecule has 1 amide bonds. The number of para-hydroxylation sites is 1. The normalized spacial score (nSPS) is 23.4. The molecule has 0 bridgehead atoms. The molecule has 0 saturated carbocycles. The Labute approximate surface area is 120 Å². The minimum atomic E-state index is -0.115. The molecule has 0 radical (unpaired) electrons. The number of carbonyl (C=O) groups excluding carboxylic acids is 1. The van der Waals surface area contributed by atoms with Crippen molar-refractivity contribution < 1.29 is 9.53 Å². The summed E-state index contributed by atoms with van der Waals surface area (Å²) < 4.78 is 5.23. The van der Waals surface area contributed by atoms with Gasteiger partial charge in [-0.1, -0.05) is 6.07 Å². The van der Waals surface area contributed by atoms with E-state index in [1.54, 1.807) is 18.2 Å². The molecule has 1 aromatic carbocycles. The van der Waals surface area contributed by atoms with Crippen LogP contribution in [-0.2, 0) is 0 Å². The Balaban J connectivity index is 2.07. The fourth-order valence-corrected chi connectivity index (χ4v) is 2.65. The standard InChI is InChI=1S/C15H23N3O2/c1-10-9-11(7-8-18(10)2)17-15(19)12-5-4-6-13(16)14(12)20-3/h4-6,10-11H,7-9,16H2,1-3H3,(H,17,19). The molecular formula is C15H23N3O2. The first-order valence-corrected chi connectivity index (χ1v) is 6.96. The second-order valence-electron chi connectivity index (χ2n) is 5.45. The van der Waals surface area contributed by atoms with E-state index in [-0.39, 0.29) is 11.9 Å². The Morgan fingerprint density at radius 3 is 2.90 bits per heavy atom. The number of benzene rings is 1. The highest BCUT2D eigenvalue weighted by atomic mass is 16.5. The fourth-order valence-electron chi connectivity index (χ4n) is 2.65. The SMILES string of the molecule is COc1c(N)cccc1C(=O)NC1CCN(C)C(C)C1. The minimum Gasteiger partial charge on any atom is -0.494 e. The molecule has 1 fully saturated rings. The van der Waals surface area contributed by atoms with Crippen LogP contribution in [0.1, 0.15) is 30.1 Å². The Morgan fingerprint density at radius 2 is 2.25 bits per heavy atom. The summed E-state index contributed by atoms with van der Waals surface area (Å²) in [5.74, 6) is 0.335. The minimum absolute atomic E-state index is 0.115. The first-order chi connectivity index (χ1) is 9.52. The van der Waals surface area contributed by atoms with Gasteiger partial charge in [0.25, 0.3) is 5.91 Å². The number of nitrogens with two attached hydrogens (primary N) is 1. The average molecular weight is 277 g/mol. The van der Waals surface area contributed by atoms with Crippen molar-refractivity contribution in [1.29, 1.82) is 0 Å². The van der Waals surface area contributed by atoms with Crippen LogP contribution in [0.15, 0.2) is 18.2 Å². The quantitative estimate of drug-likeness (QED) is 0.821. The van der Waals surface area contributed by atoms with Crippen molar-refractivity contribution in [2.24, 2.45) is 0 Å². The maximum Gasteiger partial charge on any atom is 0.255 e. The third-order valence-corrected chi connectivity index (χ3v) is 4.04. The van der Waals surface area contributed by atoms with Gasteiger partial charge in [-0.05, 0) is 38.9 Å². The topological polar surface area (TPSA) is 67.6 Å². The Hall–Kier alpha value is -1.75. The first-order valence-electron chi connectivity index (χ1n) is 6.96. The highest BCUT2D eigenvalue weighted by molar-refractivity contribution is 5.98. The Morgan fingerprint density at radius 1 is 1.50 bits per heavy atom. The lowest BCUT2D eigenvalue weighted by atomic mass is 9.98. The number of hydrogen-bond acceptors (Lipinski definition) is 4. The molecule has 0 aliphatic carbocycles. The number of nitrogens with one attached hydrogen (secondary N) is 1. The monoisotopic (exact) mass is 277 g/mol. The molecule has 1 heterocycles. The molecule has 5 nitrogen and oxygen atoms in total. The fraction of sp³-hybridized carbons (Fsp3) is 0.533. The maximum absolute atomic E-state index is 12.4. The zero-order valence-electron chi connectivity index (χ0n) is 12.3. The van der Waals surface area contributed by atoms with Crippen LogP contribution in [0.3, 0.4) is 0 Å². The van der Waals surface area contributed by atoms with E-state index in [9.17, 15) is 4.79 Å². The molecule has 20 heavy (non-hydrogen) atoms. The molecule has 1 saturated heterocycles. The lowest BCUT2D eigenvalue weighted by Crippen LogP contribution is -2.47. The van der Waals surface area contributed by atoms with Gasteiger partial charge in [-0.2, -0.15) is 0 Å². The Kier molecular flexibility index (Phi) is 4.49. The van der Waals surface area contributed by atoms with Gasteiger partial charge in [0.1, 0.15) is 0 Å². The summed E-state index contributed by atoms with van der Waals surface area (Å²) in [4.78, 5) is 14.7. The lowest BCUT2D eigenvalue weighted by molar-refractivity contribution is 0.0893. The van der Waals surface area contributed by atoms with Gasteiger partial charge < -0.3 is 20.7 Å². The van der Waals surface area contributed by atoms with Crippen LogP contribution in [0, 0.1) is 0 Å². The van der Waals surface area contributed by atoms with Crippen molar-refractivity contribution in [1.82, 2.24) is 10.2 Å². The number of nitrogen functional groups attached to an aromatic ring is 1. The number of anilines is 1. The summed E-state index contributed by atoms with van der Waals surface area (Å²) in [5, 5.41) is 3.09. The molecule has 5 heteroatoms. The maximum atomic E-state index is 12.4. The smallest absolute Gasteiger partial charge is 0.255 e. The largest absolute Gasteiger partial charge is 0.494 e. The van der Waals surface area contributed by atoms with Gasteiger partial charge in [0.15, 0.2) is 5.75 Å². The predicted molar refractivity (Wildman–Crippen MR) is 80.0 cm³/mol. The molecule has 2 rings (SSSR count). The van der Waals surface area contributed by atoms with Crippen LogP contribution in [0.2, 0.25) is 0 Å². The van der Waals surface area contributed by atoms with Crippen LogP contribution >= 0.6 is 0 Å². The molecule has 0 spiro atoms. The Bertz CT molecular complexity index is 490. The van der Waals surface area contributed by atoms with Gasteiger partial charge in [-0.15, -0.1) is 0 Å². The number of amides is 1. The highest BCUT2D eigenvalue weighted by Crippen LogP contribution is 2.26. The third kappa shape index (κ3) is 3.04. The average Bonchev–Trinajstić information content (AvgIpc) is 2.42. The van der Waals surface area contributed by atoms with Crippen LogP contribution in [-0.4, -0.2) is 43.6 Å². The van der Waals surface area contributed by atoms with Gasteiger partial charge in [0.05, 0.1) is 18.4 Å². The van der Waals surface area contributed by atoms with Crippen LogP contribution < -0.4 is 15.8 Å². The second-order valence-corrected chi connectivity index (χ2v) is 5.45. The summed E-state index contributed by atoms with van der Waals surface area (Å²) in [6.07, 6.45) is 1.93. The van der Waals surface area contributed by atoms with Crippen molar-refractivity contribution in [3.05, 3.63) is 23.8 Å². The van der Waals surface area contributed by atoms with E-state index in [4.69, 9.17) is 10.5 Å². The van der Waals surface area contributed by atoms with Gasteiger partial charge >= 0.3 is 0 Å². The predicted octanol–water partition coefficient (Wildman–Crippen LogP) is 1.49. The summed E-state index contributed by atoms with van der Waals surface area (Å²) in [5.41, 5.74) is 6.81. The van der Waals surface area contributed by atoms with E-state index in [0.29, 0.717) is 23.0 Å². The molecule has 1 aromatic rings. The van der Waals surface area contributed by atoms with Crippen molar-refractivity contribution in [2.75, 3.05) is 26.4 Å². The van der Waals surface area contributed by atoms with Crippen molar-refractivity contribution in [3.8, 4) is 5.75 Å². The van der Waals surface area contributed by atoms with Crippen LogP contribution in [0.25, 0.3) is 0 Å². The number of hydrogen-bond donors (Lipinski definition) is 2. The summed E-state index contributed by atoms with van der Waals surface area (Å²) in [6, 6.07) is 5.93. The van der Waals surface area contributed by atoms with Crippen molar-refractivity contribution in [3.63, 3.8) is 0 Å². The van der Waals surface area contributed by atoms with Crippen LogP contribution in [0.5, 0.6) is 5.75 Å². The van der Waals surface area contributed by atoms with Gasteiger partial charge in [0.2, 0.25) is 0 Å². The molecule has 2 unspecified atom stereocenters. The number of ether oxygens (including phenoxy) is 1. The molecule has 3 N–H and O–H groups in total. The molecule has 1 aliphatic heterocycles. The van der Waals surface area contributed by atoms with E-state index >= 15 is 0 Å². The zero-order chi connectivity index (χ0) is 14.7. The van der Waals surface area contributed by atoms with E-state index in [0.717, 1.165) is 19.4 Å². The van der Waals surface area contributed by atoms with Crippen molar-refractivity contribution >= 4 is 11.6 Å². The summed E-state index contributed by atoms with van der Waals surface area (Å²) in [6.45, 7) is 3.18.